The number of sulfonamides is 1. The SMILES string of the molecule is CNS(=O)(=O)c1ccc(CCC(=O)N2CCN(Cc3cc(C)no3)CC2)cc1. The van der Waals surface area contributed by atoms with Gasteiger partial charge in [-0.25, -0.2) is 13.1 Å². The molecule has 9 heteroatoms. The summed E-state index contributed by atoms with van der Waals surface area (Å²) in [4.78, 5) is 16.9. The van der Waals surface area contributed by atoms with E-state index in [9.17, 15) is 13.2 Å². The minimum Gasteiger partial charge on any atom is -0.360 e. The van der Waals surface area contributed by atoms with Crippen LogP contribution in [0.2, 0.25) is 0 Å². The second-order valence-corrected chi connectivity index (χ2v) is 8.83. The second kappa shape index (κ2) is 8.85. The van der Waals surface area contributed by atoms with Crippen molar-refractivity contribution in [3.05, 3.63) is 47.3 Å². The van der Waals surface area contributed by atoms with Crippen LogP contribution in [0.5, 0.6) is 0 Å². The Balaban J connectivity index is 1.44. The van der Waals surface area contributed by atoms with Crippen molar-refractivity contribution in [2.75, 3.05) is 33.2 Å². The Morgan fingerprint density at radius 1 is 1.18 bits per heavy atom. The summed E-state index contributed by atoms with van der Waals surface area (Å²) in [6.45, 7) is 5.63. The lowest BCUT2D eigenvalue weighted by Gasteiger charge is -2.34. The highest BCUT2D eigenvalue weighted by atomic mass is 32.2. The van der Waals surface area contributed by atoms with Crippen molar-refractivity contribution in [3.8, 4) is 0 Å². The van der Waals surface area contributed by atoms with Crippen LogP contribution < -0.4 is 4.72 Å². The van der Waals surface area contributed by atoms with Gasteiger partial charge in [0.25, 0.3) is 0 Å². The number of piperazine rings is 1. The number of nitrogens with one attached hydrogen (secondary N) is 1. The predicted octanol–water partition coefficient (Wildman–Crippen LogP) is 1.17. The molecule has 152 valence electrons. The molecule has 2 heterocycles. The molecule has 0 spiro atoms. The van der Waals surface area contributed by atoms with Crippen LogP contribution in [0.1, 0.15) is 23.4 Å². The second-order valence-electron chi connectivity index (χ2n) is 6.94. The molecule has 2 aromatic rings. The molecule has 0 unspecified atom stereocenters. The third kappa shape index (κ3) is 5.18. The minimum absolute atomic E-state index is 0.127. The summed E-state index contributed by atoms with van der Waals surface area (Å²) in [5, 5.41) is 3.90. The molecule has 0 atom stereocenters. The summed E-state index contributed by atoms with van der Waals surface area (Å²) in [5.41, 5.74) is 1.82. The standard InChI is InChI=1S/C19H26N4O4S/c1-15-13-17(27-21-15)14-22-9-11-23(12-10-22)19(24)8-5-16-3-6-18(7-4-16)28(25,26)20-2/h3-4,6-7,13,20H,5,8-12,14H2,1-2H3. The smallest absolute Gasteiger partial charge is 0.240 e. The van der Waals surface area contributed by atoms with Crippen molar-refractivity contribution >= 4 is 15.9 Å². The zero-order chi connectivity index (χ0) is 20.1. The van der Waals surface area contributed by atoms with Crippen LogP contribution in [0.4, 0.5) is 0 Å². The summed E-state index contributed by atoms with van der Waals surface area (Å²) in [7, 11) is -2.05. The van der Waals surface area contributed by atoms with Gasteiger partial charge in [0.15, 0.2) is 5.76 Å². The van der Waals surface area contributed by atoms with E-state index in [1.807, 2.05) is 17.9 Å². The van der Waals surface area contributed by atoms with Gasteiger partial charge in [-0.1, -0.05) is 17.3 Å². The van der Waals surface area contributed by atoms with Gasteiger partial charge in [-0.15, -0.1) is 0 Å². The van der Waals surface area contributed by atoms with E-state index in [1.165, 1.54) is 7.05 Å². The highest BCUT2D eigenvalue weighted by molar-refractivity contribution is 7.89. The van der Waals surface area contributed by atoms with Crippen molar-refractivity contribution < 1.29 is 17.7 Å². The predicted molar refractivity (Wildman–Crippen MR) is 104 cm³/mol. The maximum Gasteiger partial charge on any atom is 0.240 e. The molecule has 0 aliphatic carbocycles. The third-order valence-electron chi connectivity index (χ3n) is 4.91. The molecule has 0 radical (unpaired) electrons. The molecular formula is C19H26N4O4S. The fourth-order valence-electron chi connectivity index (χ4n) is 3.23. The average molecular weight is 407 g/mol. The number of carbonyl (C=O) groups is 1. The molecule has 1 aliphatic heterocycles. The molecule has 1 N–H and O–H groups in total. The molecule has 3 rings (SSSR count). The molecule has 0 bridgehead atoms. The number of rotatable bonds is 7. The van der Waals surface area contributed by atoms with E-state index in [2.05, 4.69) is 14.8 Å². The zero-order valence-electron chi connectivity index (χ0n) is 16.2. The molecule has 0 saturated carbocycles. The molecule has 1 saturated heterocycles. The first kappa shape index (κ1) is 20.5. The number of hydrogen-bond donors (Lipinski definition) is 1. The number of amides is 1. The highest BCUT2D eigenvalue weighted by Gasteiger charge is 2.21. The van der Waals surface area contributed by atoms with Crippen LogP contribution in [-0.2, 0) is 27.8 Å². The van der Waals surface area contributed by atoms with Gasteiger partial charge in [-0.05, 0) is 38.1 Å². The van der Waals surface area contributed by atoms with Crippen LogP contribution in [0.3, 0.4) is 0 Å². The van der Waals surface area contributed by atoms with Crippen LogP contribution >= 0.6 is 0 Å². The van der Waals surface area contributed by atoms with E-state index in [0.29, 0.717) is 32.5 Å². The lowest BCUT2D eigenvalue weighted by Crippen LogP contribution is -2.48. The topological polar surface area (TPSA) is 95.8 Å². The maximum atomic E-state index is 12.5. The quantitative estimate of drug-likeness (QED) is 0.742. The first-order valence-corrected chi connectivity index (χ1v) is 10.8. The van der Waals surface area contributed by atoms with Crippen LogP contribution in [0, 0.1) is 6.92 Å². The number of nitrogens with zero attached hydrogens (tertiary/aromatic N) is 3. The normalized spacial score (nSPS) is 15.7. The Hall–Kier alpha value is -2.23. The van der Waals surface area contributed by atoms with Crippen molar-refractivity contribution in [1.82, 2.24) is 19.7 Å². The van der Waals surface area contributed by atoms with Gasteiger partial charge >= 0.3 is 0 Å². The number of hydrogen-bond acceptors (Lipinski definition) is 6. The third-order valence-corrected chi connectivity index (χ3v) is 6.34. The summed E-state index contributed by atoms with van der Waals surface area (Å²) >= 11 is 0. The van der Waals surface area contributed by atoms with Crippen molar-refractivity contribution in [3.63, 3.8) is 0 Å². The lowest BCUT2D eigenvalue weighted by atomic mass is 10.1. The van der Waals surface area contributed by atoms with Gasteiger partial charge in [0.1, 0.15) is 0 Å². The van der Waals surface area contributed by atoms with Gasteiger partial charge in [0, 0.05) is 38.7 Å². The van der Waals surface area contributed by atoms with Crippen molar-refractivity contribution in [1.29, 1.82) is 0 Å². The van der Waals surface area contributed by atoms with Crippen molar-refractivity contribution in [2.45, 2.75) is 31.2 Å². The Bertz CT molecular complexity index is 900. The number of carbonyl (C=O) groups excluding carboxylic acids is 1. The number of aromatic nitrogens is 1. The summed E-state index contributed by atoms with van der Waals surface area (Å²) in [6, 6.07) is 8.58. The van der Waals surface area contributed by atoms with E-state index >= 15 is 0 Å². The van der Waals surface area contributed by atoms with Gasteiger partial charge in [0.05, 0.1) is 17.1 Å². The summed E-state index contributed by atoms with van der Waals surface area (Å²) < 4.78 is 31.0. The van der Waals surface area contributed by atoms with E-state index in [4.69, 9.17) is 4.52 Å². The lowest BCUT2D eigenvalue weighted by molar-refractivity contribution is -0.133. The average Bonchev–Trinajstić information content (AvgIpc) is 3.11. The van der Waals surface area contributed by atoms with E-state index in [-0.39, 0.29) is 10.8 Å². The molecule has 1 amide bonds. The first-order chi connectivity index (χ1) is 13.4. The molecule has 1 aliphatic rings. The van der Waals surface area contributed by atoms with Gasteiger partial charge in [-0.2, -0.15) is 0 Å². The molecule has 1 fully saturated rings. The van der Waals surface area contributed by atoms with E-state index in [1.54, 1.807) is 24.3 Å². The highest BCUT2D eigenvalue weighted by Crippen LogP contribution is 2.14. The largest absolute Gasteiger partial charge is 0.360 e. The Morgan fingerprint density at radius 3 is 2.43 bits per heavy atom. The monoisotopic (exact) mass is 406 g/mol. The summed E-state index contributed by atoms with van der Waals surface area (Å²) in [6.07, 6.45) is 1.01. The molecule has 28 heavy (non-hydrogen) atoms. The molecule has 1 aromatic carbocycles. The van der Waals surface area contributed by atoms with E-state index < -0.39 is 10.0 Å². The maximum absolute atomic E-state index is 12.5. The van der Waals surface area contributed by atoms with E-state index in [0.717, 1.165) is 30.1 Å². The molecular weight excluding hydrogens is 380 g/mol. The van der Waals surface area contributed by atoms with Gasteiger partial charge in [-0.3, -0.25) is 9.69 Å². The summed E-state index contributed by atoms with van der Waals surface area (Å²) in [5.74, 6) is 0.975. The first-order valence-electron chi connectivity index (χ1n) is 9.32. The van der Waals surface area contributed by atoms with Crippen LogP contribution in [0.15, 0.2) is 39.8 Å². The zero-order valence-corrected chi connectivity index (χ0v) is 17.0. The Kier molecular flexibility index (Phi) is 6.48. The fraction of sp³-hybridized carbons (Fsp3) is 0.474. The van der Waals surface area contributed by atoms with Gasteiger partial charge < -0.3 is 9.42 Å². The molecule has 1 aromatic heterocycles. The fourth-order valence-corrected chi connectivity index (χ4v) is 3.96. The van der Waals surface area contributed by atoms with Crippen LogP contribution in [0.25, 0.3) is 0 Å². The molecule has 8 nitrogen and oxygen atoms in total. The minimum atomic E-state index is -3.43. The Morgan fingerprint density at radius 2 is 1.86 bits per heavy atom. The van der Waals surface area contributed by atoms with Gasteiger partial charge in [0.2, 0.25) is 15.9 Å². The Labute approximate surface area is 165 Å². The number of aryl methyl sites for hydroxylation is 2. The number of benzene rings is 1. The van der Waals surface area contributed by atoms with Crippen molar-refractivity contribution in [2.24, 2.45) is 0 Å². The van der Waals surface area contributed by atoms with Crippen LogP contribution in [-0.4, -0.2) is 62.5 Å².